The van der Waals surface area contributed by atoms with Gasteiger partial charge in [-0.3, -0.25) is 0 Å². The number of hydrogen-bond donors (Lipinski definition) is 0. The molecule has 0 unspecified atom stereocenters. The molecular weight excluding hydrogens is 142 g/mol. The van der Waals surface area contributed by atoms with Crippen LogP contribution in [-0.4, -0.2) is 18.9 Å². The summed E-state index contributed by atoms with van der Waals surface area (Å²) in [5.41, 5.74) is 2.91. The molecular formula is C10H20B2. The van der Waals surface area contributed by atoms with E-state index < -0.39 is 0 Å². The Balaban J connectivity index is 0.000000561. The van der Waals surface area contributed by atoms with Gasteiger partial charge in [0.2, 0.25) is 0 Å². The molecule has 0 aliphatic carbocycles. The molecule has 0 fully saturated rings. The maximum absolute atomic E-state index is 2.36. The molecule has 1 rings (SSSR count). The minimum absolute atomic E-state index is 0.694. The predicted octanol–water partition coefficient (Wildman–Crippen LogP) is 2.81. The number of allylic oxidation sites excluding steroid dienone is 1. The van der Waals surface area contributed by atoms with Crippen LogP contribution in [0.1, 0.15) is 41.5 Å². The monoisotopic (exact) mass is 162 g/mol. The SMILES string of the molecule is CC.CC1=BB(C(C)C)C=C1C. The molecule has 0 amide bonds. The van der Waals surface area contributed by atoms with Crippen molar-refractivity contribution in [1.82, 2.24) is 0 Å². The first-order valence-electron chi connectivity index (χ1n) is 4.98. The first-order valence-corrected chi connectivity index (χ1v) is 4.98. The van der Waals surface area contributed by atoms with Gasteiger partial charge in [0.15, 0.2) is 0 Å². The quantitative estimate of drug-likeness (QED) is 0.520. The van der Waals surface area contributed by atoms with Crippen molar-refractivity contribution in [3.8, 4) is 0 Å². The van der Waals surface area contributed by atoms with Crippen LogP contribution in [0.25, 0.3) is 0 Å². The van der Waals surface area contributed by atoms with Gasteiger partial charge < -0.3 is 0 Å². The van der Waals surface area contributed by atoms with Gasteiger partial charge in [0.1, 0.15) is 0 Å². The van der Waals surface area contributed by atoms with E-state index in [4.69, 9.17) is 0 Å². The summed E-state index contributed by atoms with van der Waals surface area (Å²) in [6.07, 6.45) is 0. The zero-order valence-electron chi connectivity index (χ0n) is 9.31. The van der Waals surface area contributed by atoms with Gasteiger partial charge in [-0.2, -0.15) is 0 Å². The van der Waals surface area contributed by atoms with Crippen molar-refractivity contribution in [3.63, 3.8) is 0 Å². The Kier molecular flexibility index (Phi) is 5.28. The van der Waals surface area contributed by atoms with Crippen molar-refractivity contribution in [2.45, 2.75) is 47.4 Å². The molecule has 0 aromatic rings. The van der Waals surface area contributed by atoms with Gasteiger partial charge in [-0.25, -0.2) is 0 Å². The third-order valence-corrected chi connectivity index (χ3v) is 2.28. The van der Waals surface area contributed by atoms with E-state index in [2.05, 4.69) is 40.5 Å². The molecule has 0 spiro atoms. The van der Waals surface area contributed by atoms with Gasteiger partial charge in [-0.1, -0.05) is 13.8 Å². The molecule has 12 heavy (non-hydrogen) atoms. The summed E-state index contributed by atoms with van der Waals surface area (Å²) < 4.78 is 0. The van der Waals surface area contributed by atoms with Crippen molar-refractivity contribution in [1.29, 1.82) is 0 Å². The molecule has 1 aliphatic heterocycles. The van der Waals surface area contributed by atoms with Gasteiger partial charge in [0.05, 0.1) is 0 Å². The van der Waals surface area contributed by atoms with Crippen molar-refractivity contribution >= 4 is 18.9 Å². The van der Waals surface area contributed by atoms with E-state index in [-0.39, 0.29) is 0 Å². The number of hydrogen-bond acceptors (Lipinski definition) is 0. The molecule has 66 valence electrons. The number of rotatable bonds is 1. The fourth-order valence-electron chi connectivity index (χ4n) is 1.27. The summed E-state index contributed by atoms with van der Waals surface area (Å²) in [6.45, 7) is 16.0. The van der Waals surface area contributed by atoms with Crippen LogP contribution in [0.15, 0.2) is 11.5 Å². The van der Waals surface area contributed by atoms with E-state index >= 15 is 0 Å². The molecule has 0 atom stereocenters. The van der Waals surface area contributed by atoms with Crippen LogP contribution >= 0.6 is 0 Å². The first-order chi connectivity index (χ1) is 5.61. The maximum atomic E-state index is 2.36. The molecule has 0 radical (unpaired) electrons. The summed E-state index contributed by atoms with van der Waals surface area (Å²) in [7, 11) is 0. The van der Waals surface area contributed by atoms with Crippen molar-refractivity contribution < 1.29 is 0 Å². The molecule has 0 saturated carbocycles. The van der Waals surface area contributed by atoms with E-state index in [0.717, 1.165) is 5.82 Å². The fraction of sp³-hybridized carbons (Fsp3) is 0.700. The average molecular weight is 162 g/mol. The Morgan fingerprint density at radius 3 is 1.92 bits per heavy atom. The van der Waals surface area contributed by atoms with Crippen molar-refractivity contribution in [3.05, 3.63) is 11.5 Å². The van der Waals surface area contributed by atoms with Crippen molar-refractivity contribution in [2.75, 3.05) is 0 Å². The van der Waals surface area contributed by atoms with Crippen LogP contribution in [0.5, 0.6) is 0 Å². The van der Waals surface area contributed by atoms with Crippen LogP contribution in [0.4, 0.5) is 0 Å². The zero-order valence-corrected chi connectivity index (χ0v) is 9.31. The molecule has 0 N–H and O–H groups in total. The molecule has 1 aliphatic rings. The summed E-state index contributed by atoms with van der Waals surface area (Å²) in [6, 6.07) is 0. The Bertz CT molecular complexity index is 172. The average Bonchev–Trinajstić information content (AvgIpc) is 2.36. The third-order valence-electron chi connectivity index (χ3n) is 2.28. The summed E-state index contributed by atoms with van der Waals surface area (Å²) in [5.74, 6) is 3.12. The van der Waals surface area contributed by atoms with Gasteiger partial charge >= 0.3 is 63.9 Å². The zero-order chi connectivity index (χ0) is 9.72. The van der Waals surface area contributed by atoms with Crippen LogP contribution in [-0.2, 0) is 0 Å². The molecule has 0 aromatic heterocycles. The first kappa shape index (κ1) is 11.7. The Morgan fingerprint density at radius 2 is 1.75 bits per heavy atom. The molecule has 1 heterocycles. The normalized spacial score (nSPS) is 14.8. The summed E-state index contributed by atoms with van der Waals surface area (Å²) in [5, 5.41) is 0. The van der Waals surface area contributed by atoms with E-state index in [9.17, 15) is 0 Å². The van der Waals surface area contributed by atoms with Crippen LogP contribution < -0.4 is 0 Å². The van der Waals surface area contributed by atoms with Gasteiger partial charge in [-0.05, 0) is 0 Å². The van der Waals surface area contributed by atoms with Crippen LogP contribution in [0.3, 0.4) is 0 Å². The van der Waals surface area contributed by atoms with E-state index in [0.29, 0.717) is 6.60 Å². The molecule has 0 nitrogen and oxygen atoms in total. The second-order valence-electron chi connectivity index (χ2n) is 3.52. The van der Waals surface area contributed by atoms with Crippen LogP contribution in [0, 0.1) is 0 Å². The second-order valence-corrected chi connectivity index (χ2v) is 3.52. The Morgan fingerprint density at radius 1 is 1.25 bits per heavy atom. The Hall–Kier alpha value is -0.260. The van der Waals surface area contributed by atoms with Crippen molar-refractivity contribution in [2.24, 2.45) is 0 Å². The third kappa shape index (κ3) is 3.00. The predicted molar refractivity (Wildman–Crippen MR) is 62.4 cm³/mol. The summed E-state index contributed by atoms with van der Waals surface area (Å²) in [4.78, 5) is 0. The molecule has 0 aromatic carbocycles. The Labute approximate surface area is 78.4 Å². The fourth-order valence-corrected chi connectivity index (χ4v) is 1.27. The summed E-state index contributed by atoms with van der Waals surface area (Å²) >= 11 is 0. The van der Waals surface area contributed by atoms with E-state index in [1.54, 1.807) is 0 Å². The van der Waals surface area contributed by atoms with Crippen LogP contribution in [0.2, 0.25) is 5.82 Å². The van der Waals surface area contributed by atoms with E-state index in [1.807, 2.05) is 13.8 Å². The molecule has 2 heteroatoms. The topological polar surface area (TPSA) is 0 Å². The van der Waals surface area contributed by atoms with E-state index in [1.165, 1.54) is 11.0 Å². The van der Waals surface area contributed by atoms with Gasteiger partial charge in [0.25, 0.3) is 0 Å². The molecule has 0 saturated heterocycles. The molecule has 0 bridgehead atoms. The van der Waals surface area contributed by atoms with Gasteiger partial charge in [0, 0.05) is 0 Å². The second kappa shape index (κ2) is 5.40. The minimum atomic E-state index is 0.694. The van der Waals surface area contributed by atoms with Gasteiger partial charge in [-0.15, -0.1) is 0 Å². The standard InChI is InChI=1S/C8H14B2.C2H6/c1-6(2)10-5-7(3)8(4)9-10;1-2/h5-6H,1-4H3;1-2H3.